The van der Waals surface area contributed by atoms with E-state index >= 15 is 0 Å². The van der Waals surface area contributed by atoms with Gasteiger partial charge in [0.2, 0.25) is 0 Å². The van der Waals surface area contributed by atoms with Crippen molar-refractivity contribution in [1.82, 2.24) is 25.1 Å². The number of aryl methyl sites for hydroxylation is 1. The molecule has 1 aliphatic rings. The molecule has 0 unspecified atom stereocenters. The van der Waals surface area contributed by atoms with Crippen LogP contribution in [-0.2, 0) is 0 Å². The summed E-state index contributed by atoms with van der Waals surface area (Å²) >= 11 is 1.68. The third kappa shape index (κ3) is 3.78. The number of carbonyl (C=O) groups excluding carboxylic acids is 1. The first kappa shape index (κ1) is 17.9. The SMILES string of the molecule is Cc1csc(-c2cc(C(=O)N(C)C3CCCCC3)cc(-n3cnnn3)c2)c1. The van der Waals surface area contributed by atoms with Crippen LogP contribution in [0.3, 0.4) is 0 Å². The van der Waals surface area contributed by atoms with E-state index in [-0.39, 0.29) is 5.91 Å². The van der Waals surface area contributed by atoms with Gasteiger partial charge in [-0.3, -0.25) is 4.79 Å². The Morgan fingerprint density at radius 2 is 2.00 bits per heavy atom. The Morgan fingerprint density at radius 3 is 2.67 bits per heavy atom. The zero-order valence-electron chi connectivity index (χ0n) is 15.6. The summed E-state index contributed by atoms with van der Waals surface area (Å²) in [5.41, 5.74) is 3.71. The smallest absolute Gasteiger partial charge is 0.253 e. The molecule has 0 saturated heterocycles. The lowest BCUT2D eigenvalue weighted by Crippen LogP contribution is -2.38. The third-order valence-electron chi connectivity index (χ3n) is 5.24. The molecule has 0 atom stereocenters. The standard InChI is InChI=1S/C20H23N5OS/c1-14-8-19(27-12-14)15-9-16(11-18(10-15)25-13-21-22-23-25)20(26)24(2)17-6-4-3-5-7-17/h8-13,17H,3-7H2,1-2H3. The van der Waals surface area contributed by atoms with Gasteiger partial charge < -0.3 is 4.90 Å². The van der Waals surface area contributed by atoms with Crippen molar-refractivity contribution in [2.24, 2.45) is 0 Å². The lowest BCUT2D eigenvalue weighted by molar-refractivity contribution is 0.0696. The fraction of sp³-hybridized carbons (Fsp3) is 0.400. The second-order valence-electron chi connectivity index (χ2n) is 7.22. The molecule has 7 heteroatoms. The minimum Gasteiger partial charge on any atom is -0.339 e. The predicted molar refractivity (Wildman–Crippen MR) is 106 cm³/mol. The van der Waals surface area contributed by atoms with Crippen molar-refractivity contribution in [2.75, 3.05) is 7.05 Å². The Bertz CT molecular complexity index is 928. The molecule has 140 valence electrons. The van der Waals surface area contributed by atoms with Gasteiger partial charge in [-0.2, -0.15) is 0 Å². The van der Waals surface area contributed by atoms with Crippen molar-refractivity contribution >= 4 is 17.2 Å². The number of amides is 1. The molecule has 1 fully saturated rings. The summed E-state index contributed by atoms with van der Waals surface area (Å²) in [6.07, 6.45) is 7.41. The maximum atomic E-state index is 13.2. The van der Waals surface area contributed by atoms with Crippen molar-refractivity contribution in [2.45, 2.75) is 45.1 Å². The number of thiophene rings is 1. The average Bonchev–Trinajstić information content (AvgIpc) is 3.39. The van der Waals surface area contributed by atoms with Gasteiger partial charge in [0.25, 0.3) is 5.91 Å². The van der Waals surface area contributed by atoms with Crippen LogP contribution in [0.2, 0.25) is 0 Å². The number of tetrazole rings is 1. The van der Waals surface area contributed by atoms with E-state index in [1.165, 1.54) is 24.8 Å². The largest absolute Gasteiger partial charge is 0.339 e. The van der Waals surface area contributed by atoms with Gasteiger partial charge >= 0.3 is 0 Å². The highest BCUT2D eigenvalue weighted by molar-refractivity contribution is 7.13. The topological polar surface area (TPSA) is 63.9 Å². The molecule has 3 aromatic rings. The number of rotatable bonds is 4. The van der Waals surface area contributed by atoms with E-state index in [9.17, 15) is 4.79 Å². The molecule has 1 aromatic carbocycles. The molecule has 0 N–H and O–H groups in total. The van der Waals surface area contributed by atoms with Gasteiger partial charge in [-0.15, -0.1) is 16.4 Å². The van der Waals surface area contributed by atoms with Crippen molar-refractivity contribution in [3.63, 3.8) is 0 Å². The molecule has 6 nitrogen and oxygen atoms in total. The number of aromatic nitrogens is 4. The van der Waals surface area contributed by atoms with E-state index in [0.29, 0.717) is 11.6 Å². The van der Waals surface area contributed by atoms with E-state index in [0.717, 1.165) is 29.0 Å². The number of carbonyl (C=O) groups is 1. The van der Waals surface area contributed by atoms with Crippen molar-refractivity contribution in [3.8, 4) is 16.1 Å². The summed E-state index contributed by atoms with van der Waals surface area (Å²) in [5, 5.41) is 13.6. The Kier molecular flexibility index (Phi) is 5.03. The van der Waals surface area contributed by atoms with Crippen molar-refractivity contribution in [3.05, 3.63) is 47.1 Å². The van der Waals surface area contributed by atoms with E-state index in [4.69, 9.17) is 0 Å². The van der Waals surface area contributed by atoms with Gasteiger partial charge in [0, 0.05) is 23.5 Å². The molecule has 1 amide bonds. The van der Waals surface area contributed by atoms with Crippen LogP contribution in [0.1, 0.15) is 48.0 Å². The fourth-order valence-corrected chi connectivity index (χ4v) is 4.60. The molecule has 2 aromatic heterocycles. The summed E-state index contributed by atoms with van der Waals surface area (Å²) in [5.74, 6) is 0.0614. The quantitative estimate of drug-likeness (QED) is 0.682. The lowest BCUT2D eigenvalue weighted by Gasteiger charge is -2.31. The molecule has 1 aliphatic carbocycles. The van der Waals surface area contributed by atoms with Crippen LogP contribution in [-0.4, -0.2) is 44.1 Å². The Morgan fingerprint density at radius 1 is 1.19 bits per heavy atom. The van der Waals surface area contributed by atoms with Gasteiger partial charge in [-0.05, 0) is 71.0 Å². The van der Waals surface area contributed by atoms with Crippen LogP contribution in [0.4, 0.5) is 0 Å². The van der Waals surface area contributed by atoms with Gasteiger partial charge in [-0.25, -0.2) is 4.68 Å². The summed E-state index contributed by atoms with van der Waals surface area (Å²) in [4.78, 5) is 16.3. The van der Waals surface area contributed by atoms with Crippen LogP contribution in [0.25, 0.3) is 16.1 Å². The van der Waals surface area contributed by atoms with Crippen LogP contribution < -0.4 is 0 Å². The summed E-state index contributed by atoms with van der Waals surface area (Å²) in [6, 6.07) is 8.36. The minimum atomic E-state index is 0.0614. The highest BCUT2D eigenvalue weighted by Gasteiger charge is 2.24. The second kappa shape index (κ2) is 7.60. The van der Waals surface area contributed by atoms with Crippen molar-refractivity contribution in [1.29, 1.82) is 0 Å². The maximum Gasteiger partial charge on any atom is 0.253 e. The zero-order chi connectivity index (χ0) is 18.8. The first-order chi connectivity index (χ1) is 13.1. The molecular weight excluding hydrogens is 358 g/mol. The summed E-state index contributed by atoms with van der Waals surface area (Å²) in [6.45, 7) is 2.08. The Hall–Kier alpha value is -2.54. The molecule has 1 saturated carbocycles. The van der Waals surface area contributed by atoms with Crippen LogP contribution in [0.5, 0.6) is 0 Å². The molecule has 4 rings (SSSR count). The molecule has 0 radical (unpaired) electrons. The summed E-state index contributed by atoms with van der Waals surface area (Å²) in [7, 11) is 1.93. The van der Waals surface area contributed by atoms with Gasteiger partial charge in [0.05, 0.1) is 5.69 Å². The summed E-state index contributed by atoms with van der Waals surface area (Å²) < 4.78 is 1.60. The first-order valence-corrected chi connectivity index (χ1v) is 10.2. The van der Waals surface area contributed by atoms with Crippen LogP contribution >= 0.6 is 11.3 Å². The molecule has 0 bridgehead atoms. The third-order valence-corrected chi connectivity index (χ3v) is 6.33. The Balaban J connectivity index is 1.72. The molecular formula is C20H23N5OS. The van der Waals surface area contributed by atoms with Crippen LogP contribution in [0.15, 0.2) is 36.0 Å². The van der Waals surface area contributed by atoms with E-state index in [2.05, 4.69) is 33.9 Å². The number of hydrogen-bond acceptors (Lipinski definition) is 5. The van der Waals surface area contributed by atoms with Gasteiger partial charge in [0.1, 0.15) is 6.33 Å². The fourth-order valence-electron chi connectivity index (χ4n) is 3.71. The number of nitrogens with zero attached hydrogens (tertiary/aromatic N) is 5. The van der Waals surface area contributed by atoms with E-state index in [1.807, 2.05) is 30.1 Å². The minimum absolute atomic E-state index is 0.0614. The molecule has 2 heterocycles. The molecule has 0 spiro atoms. The van der Waals surface area contributed by atoms with Crippen LogP contribution in [0, 0.1) is 6.92 Å². The van der Waals surface area contributed by atoms with E-state index < -0.39 is 0 Å². The van der Waals surface area contributed by atoms with Crippen molar-refractivity contribution < 1.29 is 4.79 Å². The predicted octanol–water partition coefficient (Wildman–Crippen LogP) is 4.10. The highest BCUT2D eigenvalue weighted by atomic mass is 32.1. The zero-order valence-corrected chi connectivity index (χ0v) is 16.4. The second-order valence-corrected chi connectivity index (χ2v) is 8.13. The number of hydrogen-bond donors (Lipinski definition) is 0. The van der Waals surface area contributed by atoms with Gasteiger partial charge in [0.15, 0.2) is 0 Å². The number of benzene rings is 1. The first-order valence-electron chi connectivity index (χ1n) is 9.33. The highest BCUT2D eigenvalue weighted by Crippen LogP contribution is 2.31. The maximum absolute atomic E-state index is 13.2. The van der Waals surface area contributed by atoms with E-state index in [1.54, 1.807) is 22.3 Å². The molecule has 0 aliphatic heterocycles. The normalized spacial score (nSPS) is 15.0. The van der Waals surface area contributed by atoms with Gasteiger partial charge in [-0.1, -0.05) is 19.3 Å². The monoisotopic (exact) mass is 381 g/mol. The lowest BCUT2D eigenvalue weighted by atomic mass is 9.94. The average molecular weight is 382 g/mol. The Labute approximate surface area is 162 Å². The molecule has 27 heavy (non-hydrogen) atoms.